The van der Waals surface area contributed by atoms with Crippen LogP contribution in [0.5, 0.6) is 0 Å². The number of aliphatic hydroxyl groups is 1. The molecule has 236 valence electrons. The number of amides is 2. The van der Waals surface area contributed by atoms with Crippen molar-refractivity contribution in [3.8, 4) is 12.3 Å². The third-order valence-electron chi connectivity index (χ3n) is 8.37. The number of carbonyl (C=O) groups excluding carboxylic acids is 2. The van der Waals surface area contributed by atoms with Crippen molar-refractivity contribution in [2.75, 3.05) is 32.4 Å². The Kier molecular flexibility index (Phi) is 15.1. The first-order valence-electron chi connectivity index (χ1n) is 15.8. The lowest BCUT2D eigenvalue weighted by molar-refractivity contribution is -0.139. The molecule has 5 atom stereocenters. The van der Waals surface area contributed by atoms with E-state index in [1.165, 1.54) is 11.4 Å². The fourth-order valence-electron chi connectivity index (χ4n) is 6.55. The molecule has 0 aromatic heterocycles. The van der Waals surface area contributed by atoms with E-state index in [1.807, 2.05) is 18.7 Å². The summed E-state index contributed by atoms with van der Waals surface area (Å²) >= 11 is 0. The number of nitrogens with one attached hydrogen (secondary N) is 2. The molecule has 10 heteroatoms. The molecule has 0 aromatic rings. The number of terminal acetylenes is 1. The first-order chi connectivity index (χ1) is 19.4. The van der Waals surface area contributed by atoms with Gasteiger partial charge >= 0.3 is 0 Å². The van der Waals surface area contributed by atoms with Crippen LogP contribution < -0.4 is 10.1 Å². The number of hydrogen-bond acceptors (Lipinski definition) is 6. The van der Waals surface area contributed by atoms with Crippen molar-refractivity contribution in [3.05, 3.63) is 0 Å². The van der Waals surface area contributed by atoms with Crippen molar-refractivity contribution in [1.29, 1.82) is 0 Å². The second-order valence-corrected chi connectivity index (χ2v) is 14.6. The molecule has 2 rings (SSSR count). The molecule has 2 amide bonds. The van der Waals surface area contributed by atoms with Crippen molar-refractivity contribution in [2.45, 2.75) is 110 Å². The molecule has 0 heterocycles. The molecule has 0 radical (unpaired) electrons. The summed E-state index contributed by atoms with van der Waals surface area (Å²) in [6.45, 7) is 9.22. The van der Waals surface area contributed by atoms with Crippen molar-refractivity contribution in [1.82, 2.24) is 20.1 Å². The largest absolute Gasteiger partial charge is 0.390 e. The van der Waals surface area contributed by atoms with E-state index in [4.69, 9.17) is 6.42 Å². The van der Waals surface area contributed by atoms with E-state index in [0.717, 1.165) is 38.5 Å². The molecule has 0 aromatic carbocycles. The predicted molar refractivity (Wildman–Crippen MR) is 164 cm³/mol. The standard InChI is InChI=1S/C31H56N4O5S/c1-7-15-35(16-8-2)31(38)27-18-24(9-3)17-26(20-27)30(37)32-28(19-25-13-11-10-12-14-25)29(36)21-34(6)33-41(39,40)22-23(4)5/h3,23-29,33,36H,7-8,10-22H2,1-2,4-6H3,(H,32,37). The lowest BCUT2D eigenvalue weighted by Crippen LogP contribution is -2.53. The molecule has 0 saturated heterocycles. The van der Waals surface area contributed by atoms with E-state index in [-0.39, 0.29) is 41.9 Å². The van der Waals surface area contributed by atoms with Gasteiger partial charge < -0.3 is 15.3 Å². The van der Waals surface area contributed by atoms with Crippen molar-refractivity contribution >= 4 is 21.8 Å². The number of carbonyl (C=O) groups is 2. The molecule has 0 spiro atoms. The normalized spacial score (nSPS) is 23.6. The highest BCUT2D eigenvalue weighted by molar-refractivity contribution is 7.89. The van der Waals surface area contributed by atoms with Crippen LogP contribution in [-0.2, 0) is 19.6 Å². The monoisotopic (exact) mass is 596 g/mol. The lowest BCUT2D eigenvalue weighted by atomic mass is 9.74. The summed E-state index contributed by atoms with van der Waals surface area (Å²) in [5, 5.41) is 15.8. The number of hydrogen-bond donors (Lipinski definition) is 3. The smallest absolute Gasteiger partial charge is 0.225 e. The summed E-state index contributed by atoms with van der Waals surface area (Å²) in [6.07, 6.45) is 14.4. The summed E-state index contributed by atoms with van der Waals surface area (Å²) in [6, 6.07) is -0.528. The first-order valence-corrected chi connectivity index (χ1v) is 17.5. The molecule has 41 heavy (non-hydrogen) atoms. The first kappa shape index (κ1) is 35.5. The van der Waals surface area contributed by atoms with Gasteiger partial charge in [-0.05, 0) is 50.4 Å². The van der Waals surface area contributed by atoms with Gasteiger partial charge in [-0.15, -0.1) is 17.2 Å². The predicted octanol–water partition coefficient (Wildman–Crippen LogP) is 3.54. The van der Waals surface area contributed by atoms with Crippen LogP contribution in [0, 0.1) is 41.9 Å². The fourth-order valence-corrected chi connectivity index (χ4v) is 8.06. The zero-order valence-corrected chi connectivity index (χ0v) is 26.9. The van der Waals surface area contributed by atoms with Gasteiger partial charge in [0.05, 0.1) is 17.9 Å². The Morgan fingerprint density at radius 3 is 2.20 bits per heavy atom. The van der Waals surface area contributed by atoms with Crippen LogP contribution in [0.15, 0.2) is 0 Å². The Morgan fingerprint density at radius 2 is 1.63 bits per heavy atom. The SMILES string of the molecule is C#CC1CC(C(=O)NC(CC2CCCCC2)C(O)CN(C)NS(=O)(=O)CC(C)C)CC(C(=O)N(CCC)CCC)C1. The van der Waals surface area contributed by atoms with Crippen molar-refractivity contribution < 1.29 is 23.1 Å². The van der Waals surface area contributed by atoms with E-state index in [1.54, 1.807) is 7.05 Å². The van der Waals surface area contributed by atoms with E-state index in [0.29, 0.717) is 44.7 Å². The van der Waals surface area contributed by atoms with Gasteiger partial charge in [-0.3, -0.25) is 9.59 Å². The van der Waals surface area contributed by atoms with Gasteiger partial charge in [0.25, 0.3) is 0 Å². The van der Waals surface area contributed by atoms with Gasteiger partial charge in [-0.2, -0.15) is 0 Å². The number of likely N-dealkylation sites (N-methyl/N-ethyl adjacent to an activating group) is 1. The molecule has 2 aliphatic carbocycles. The maximum absolute atomic E-state index is 13.7. The van der Waals surface area contributed by atoms with Crippen LogP contribution in [-0.4, -0.2) is 79.8 Å². The molecule has 9 nitrogen and oxygen atoms in total. The fraction of sp³-hybridized carbons (Fsp3) is 0.871. The highest BCUT2D eigenvalue weighted by Gasteiger charge is 2.38. The summed E-state index contributed by atoms with van der Waals surface area (Å²) < 4.78 is 24.9. The highest BCUT2D eigenvalue weighted by Crippen LogP contribution is 2.35. The highest BCUT2D eigenvalue weighted by atomic mass is 32.2. The second kappa shape index (κ2) is 17.4. The lowest BCUT2D eigenvalue weighted by Gasteiger charge is -2.36. The van der Waals surface area contributed by atoms with Gasteiger partial charge in [0, 0.05) is 44.4 Å². The molecular weight excluding hydrogens is 540 g/mol. The third-order valence-corrected chi connectivity index (χ3v) is 10.1. The van der Waals surface area contributed by atoms with E-state index >= 15 is 0 Å². The summed E-state index contributed by atoms with van der Waals surface area (Å²) in [5.41, 5.74) is 0. The number of sulfonamides is 1. The topological polar surface area (TPSA) is 119 Å². The van der Waals surface area contributed by atoms with E-state index in [9.17, 15) is 23.1 Å². The summed E-state index contributed by atoms with van der Waals surface area (Å²) in [4.78, 5) is 31.6. The third kappa shape index (κ3) is 12.2. The molecule has 2 aliphatic rings. The number of aliphatic hydroxyl groups excluding tert-OH is 1. The molecule has 3 N–H and O–H groups in total. The minimum absolute atomic E-state index is 0.0124. The van der Waals surface area contributed by atoms with Crippen LogP contribution in [0.1, 0.15) is 98.3 Å². The molecule has 5 unspecified atom stereocenters. The number of hydrazine groups is 1. The number of nitrogens with zero attached hydrogens (tertiary/aromatic N) is 2. The Labute approximate surface area is 249 Å². The van der Waals surface area contributed by atoms with Crippen LogP contribution in [0.3, 0.4) is 0 Å². The van der Waals surface area contributed by atoms with Gasteiger partial charge in [0.15, 0.2) is 0 Å². The minimum atomic E-state index is -3.54. The quantitative estimate of drug-likeness (QED) is 0.185. The Hall–Kier alpha value is -1.67. The average Bonchev–Trinajstić information content (AvgIpc) is 2.91. The molecule has 2 saturated carbocycles. The van der Waals surface area contributed by atoms with Gasteiger partial charge in [-0.25, -0.2) is 13.4 Å². The zero-order chi connectivity index (χ0) is 30.6. The molecule has 0 aliphatic heterocycles. The van der Waals surface area contributed by atoms with Gasteiger partial charge in [0.1, 0.15) is 0 Å². The second-order valence-electron chi connectivity index (χ2n) is 12.9. The summed E-state index contributed by atoms with van der Waals surface area (Å²) in [7, 11) is -1.94. The minimum Gasteiger partial charge on any atom is -0.390 e. The number of rotatable bonds is 16. The Morgan fingerprint density at radius 1 is 1.02 bits per heavy atom. The molecule has 2 fully saturated rings. The Bertz CT molecular complexity index is 954. The van der Waals surface area contributed by atoms with Gasteiger partial charge in [-0.1, -0.05) is 59.8 Å². The van der Waals surface area contributed by atoms with Crippen LogP contribution in [0.2, 0.25) is 0 Å². The van der Waals surface area contributed by atoms with Gasteiger partial charge in [0.2, 0.25) is 21.8 Å². The summed E-state index contributed by atoms with van der Waals surface area (Å²) in [5.74, 6) is 2.21. The van der Waals surface area contributed by atoms with Crippen molar-refractivity contribution in [3.63, 3.8) is 0 Å². The average molecular weight is 597 g/mol. The van der Waals surface area contributed by atoms with Crippen LogP contribution >= 0.6 is 0 Å². The van der Waals surface area contributed by atoms with E-state index < -0.39 is 28.1 Å². The van der Waals surface area contributed by atoms with Crippen LogP contribution in [0.4, 0.5) is 0 Å². The molecular formula is C31H56N4O5S. The Balaban J connectivity index is 2.15. The maximum Gasteiger partial charge on any atom is 0.225 e. The zero-order valence-electron chi connectivity index (χ0n) is 26.1. The van der Waals surface area contributed by atoms with Crippen molar-refractivity contribution in [2.24, 2.45) is 29.6 Å². The van der Waals surface area contributed by atoms with E-state index in [2.05, 4.69) is 29.9 Å². The maximum atomic E-state index is 13.7. The van der Waals surface area contributed by atoms with Crippen LogP contribution in [0.25, 0.3) is 0 Å². The molecule has 0 bridgehead atoms.